The minimum absolute atomic E-state index is 0.0207. The fourth-order valence-electron chi connectivity index (χ4n) is 4.93. The molecule has 2 amide bonds. The molecule has 1 aromatic carbocycles. The van der Waals surface area contributed by atoms with Gasteiger partial charge in [-0.2, -0.15) is 0 Å². The Kier molecular flexibility index (Phi) is 5.45. The van der Waals surface area contributed by atoms with E-state index in [9.17, 15) is 9.59 Å². The number of carbonyl (C=O) groups is 2. The zero-order chi connectivity index (χ0) is 18.8. The third kappa shape index (κ3) is 3.87. The first kappa shape index (κ1) is 18.4. The first-order valence-corrected chi connectivity index (χ1v) is 10.3. The van der Waals surface area contributed by atoms with Gasteiger partial charge in [0.05, 0.1) is 18.9 Å². The van der Waals surface area contributed by atoms with Crippen molar-refractivity contribution in [3.8, 4) is 5.75 Å². The lowest BCUT2D eigenvalue weighted by Gasteiger charge is -2.31. The minimum Gasteiger partial charge on any atom is -0.497 e. The summed E-state index contributed by atoms with van der Waals surface area (Å²) in [5.41, 5.74) is 1.32. The van der Waals surface area contributed by atoms with Gasteiger partial charge in [-0.1, -0.05) is 12.8 Å². The summed E-state index contributed by atoms with van der Waals surface area (Å²) in [6.45, 7) is 5.76. The van der Waals surface area contributed by atoms with Crippen molar-refractivity contribution in [3.05, 3.63) is 29.8 Å². The SMILES string of the molecule is COc1ccc(C[NH+]2CC[NH+](CN3C(=O)[C@H]4CCCC[C@H]4C3=O)CC2)cc1. The number of fused-ring (bicyclic) bond motifs is 1. The molecular formula is C21H31N3O3+2. The Morgan fingerprint density at radius 3 is 2.04 bits per heavy atom. The van der Waals surface area contributed by atoms with Crippen molar-refractivity contribution in [2.75, 3.05) is 40.0 Å². The molecule has 1 aliphatic carbocycles. The predicted octanol–water partition coefficient (Wildman–Crippen LogP) is -0.889. The van der Waals surface area contributed by atoms with E-state index in [4.69, 9.17) is 4.74 Å². The van der Waals surface area contributed by atoms with E-state index in [1.54, 1.807) is 16.9 Å². The summed E-state index contributed by atoms with van der Waals surface area (Å²) in [7, 11) is 1.69. The van der Waals surface area contributed by atoms with Crippen LogP contribution >= 0.6 is 0 Å². The number of hydrogen-bond acceptors (Lipinski definition) is 3. The molecule has 6 heteroatoms. The van der Waals surface area contributed by atoms with Gasteiger partial charge in [0.15, 0.2) is 6.67 Å². The maximum Gasteiger partial charge on any atom is 0.237 e. The summed E-state index contributed by atoms with van der Waals surface area (Å²) >= 11 is 0. The number of rotatable bonds is 5. The Labute approximate surface area is 161 Å². The summed E-state index contributed by atoms with van der Waals surface area (Å²) in [5.74, 6) is 1.05. The number of nitrogens with zero attached hydrogens (tertiary/aromatic N) is 1. The van der Waals surface area contributed by atoms with Gasteiger partial charge in [-0.05, 0) is 37.1 Å². The molecule has 146 valence electrons. The predicted molar refractivity (Wildman–Crippen MR) is 100 cm³/mol. The number of nitrogens with one attached hydrogen (secondary N) is 2. The van der Waals surface area contributed by atoms with Gasteiger partial charge in [-0.15, -0.1) is 0 Å². The number of hydrogen-bond donors (Lipinski definition) is 2. The Balaban J connectivity index is 1.28. The maximum atomic E-state index is 12.7. The molecule has 2 atom stereocenters. The first-order chi connectivity index (χ1) is 13.2. The standard InChI is InChI=1S/C21H29N3O3/c1-27-17-8-6-16(7-9-17)14-22-10-12-23(13-11-22)15-24-20(25)18-4-2-3-5-19(18)21(24)26/h6-9,18-19H,2-5,10-15H2,1H3/p+2/t18-,19+. The molecule has 0 spiro atoms. The van der Waals surface area contributed by atoms with Gasteiger partial charge in [0.25, 0.3) is 0 Å². The molecule has 0 radical (unpaired) electrons. The number of quaternary nitrogens is 2. The Morgan fingerprint density at radius 2 is 1.48 bits per heavy atom. The molecule has 4 rings (SSSR count). The second kappa shape index (κ2) is 7.98. The van der Waals surface area contributed by atoms with E-state index in [-0.39, 0.29) is 23.7 Å². The third-order valence-electron chi connectivity index (χ3n) is 6.59. The lowest BCUT2D eigenvalue weighted by Crippen LogP contribution is -3.28. The molecule has 27 heavy (non-hydrogen) atoms. The lowest BCUT2D eigenvalue weighted by atomic mass is 9.81. The highest BCUT2D eigenvalue weighted by molar-refractivity contribution is 6.05. The number of carbonyl (C=O) groups excluding carboxylic acids is 2. The number of methoxy groups -OCH3 is 1. The van der Waals surface area contributed by atoms with Crippen molar-refractivity contribution in [1.29, 1.82) is 0 Å². The summed E-state index contributed by atoms with van der Waals surface area (Å²) in [5, 5.41) is 0. The van der Waals surface area contributed by atoms with Crippen LogP contribution in [0.2, 0.25) is 0 Å². The van der Waals surface area contributed by atoms with Gasteiger partial charge >= 0.3 is 0 Å². The highest BCUT2D eigenvalue weighted by Crippen LogP contribution is 2.37. The molecule has 1 saturated carbocycles. The third-order valence-corrected chi connectivity index (χ3v) is 6.59. The molecule has 2 aliphatic heterocycles. The molecule has 1 aromatic rings. The molecule has 0 unspecified atom stereocenters. The van der Waals surface area contributed by atoms with Crippen LogP contribution in [-0.2, 0) is 16.1 Å². The van der Waals surface area contributed by atoms with Crippen molar-refractivity contribution in [2.24, 2.45) is 11.8 Å². The number of likely N-dealkylation sites (tertiary alicyclic amines) is 1. The largest absolute Gasteiger partial charge is 0.497 e. The van der Waals surface area contributed by atoms with Crippen LogP contribution in [0.1, 0.15) is 31.2 Å². The highest BCUT2D eigenvalue weighted by atomic mass is 16.5. The topological polar surface area (TPSA) is 55.5 Å². The fraction of sp³-hybridized carbons (Fsp3) is 0.619. The van der Waals surface area contributed by atoms with Crippen molar-refractivity contribution < 1.29 is 24.1 Å². The van der Waals surface area contributed by atoms with Crippen LogP contribution in [0.15, 0.2) is 24.3 Å². The van der Waals surface area contributed by atoms with E-state index in [0.29, 0.717) is 6.67 Å². The zero-order valence-electron chi connectivity index (χ0n) is 16.2. The van der Waals surface area contributed by atoms with E-state index in [1.807, 2.05) is 12.1 Å². The van der Waals surface area contributed by atoms with Crippen molar-refractivity contribution in [1.82, 2.24) is 4.90 Å². The van der Waals surface area contributed by atoms with Crippen LogP contribution in [0.5, 0.6) is 5.75 Å². The second-order valence-corrected chi connectivity index (χ2v) is 8.28. The second-order valence-electron chi connectivity index (χ2n) is 8.28. The van der Waals surface area contributed by atoms with Gasteiger partial charge in [0.2, 0.25) is 11.8 Å². The Hall–Kier alpha value is -1.92. The van der Waals surface area contributed by atoms with Crippen molar-refractivity contribution in [3.63, 3.8) is 0 Å². The lowest BCUT2D eigenvalue weighted by molar-refractivity contribution is -1.02. The van der Waals surface area contributed by atoms with Crippen LogP contribution in [-0.4, -0.2) is 56.7 Å². The smallest absolute Gasteiger partial charge is 0.237 e. The van der Waals surface area contributed by atoms with E-state index in [2.05, 4.69) is 12.1 Å². The summed E-state index contributed by atoms with van der Waals surface area (Å²) in [4.78, 5) is 29.8. The normalized spacial score (nSPS) is 31.1. The van der Waals surface area contributed by atoms with Gasteiger partial charge in [-0.25, -0.2) is 4.90 Å². The molecule has 3 aliphatic rings. The number of ether oxygens (including phenoxy) is 1. The fourth-order valence-corrected chi connectivity index (χ4v) is 4.93. The van der Waals surface area contributed by atoms with Crippen LogP contribution in [0, 0.1) is 11.8 Å². The van der Waals surface area contributed by atoms with Crippen LogP contribution < -0.4 is 14.5 Å². The molecule has 0 bridgehead atoms. The van der Waals surface area contributed by atoms with Crippen molar-refractivity contribution >= 4 is 11.8 Å². The van der Waals surface area contributed by atoms with Gasteiger partial charge < -0.3 is 14.5 Å². The molecule has 6 nitrogen and oxygen atoms in total. The number of imide groups is 1. The van der Waals surface area contributed by atoms with Gasteiger partial charge in [0.1, 0.15) is 38.5 Å². The van der Waals surface area contributed by atoms with E-state index in [1.165, 1.54) is 10.5 Å². The quantitative estimate of drug-likeness (QED) is 0.659. The molecular weight excluding hydrogens is 342 g/mol. The minimum atomic E-state index is -0.0207. The molecule has 2 N–H and O–H groups in total. The Bertz CT molecular complexity index is 658. The summed E-state index contributed by atoms with van der Waals surface area (Å²) in [6.07, 6.45) is 3.99. The van der Waals surface area contributed by atoms with Crippen LogP contribution in [0.3, 0.4) is 0 Å². The zero-order valence-corrected chi connectivity index (χ0v) is 16.2. The summed E-state index contributed by atoms with van der Waals surface area (Å²) in [6, 6.07) is 8.30. The van der Waals surface area contributed by atoms with Crippen molar-refractivity contribution in [2.45, 2.75) is 32.2 Å². The average molecular weight is 373 g/mol. The van der Waals surface area contributed by atoms with Crippen LogP contribution in [0.25, 0.3) is 0 Å². The molecule has 3 fully saturated rings. The van der Waals surface area contributed by atoms with Gasteiger partial charge in [-0.3, -0.25) is 9.59 Å². The maximum absolute atomic E-state index is 12.7. The van der Waals surface area contributed by atoms with E-state index in [0.717, 1.165) is 64.2 Å². The molecule has 2 saturated heterocycles. The first-order valence-electron chi connectivity index (χ1n) is 10.3. The van der Waals surface area contributed by atoms with E-state index >= 15 is 0 Å². The summed E-state index contributed by atoms with van der Waals surface area (Å²) < 4.78 is 5.22. The van der Waals surface area contributed by atoms with Gasteiger partial charge in [0, 0.05) is 5.56 Å². The number of benzene rings is 1. The highest BCUT2D eigenvalue weighted by Gasteiger charge is 2.49. The Morgan fingerprint density at radius 1 is 0.926 bits per heavy atom. The molecule has 0 aromatic heterocycles. The monoisotopic (exact) mass is 373 g/mol. The van der Waals surface area contributed by atoms with E-state index < -0.39 is 0 Å². The number of amides is 2. The average Bonchev–Trinajstić information content (AvgIpc) is 2.95. The van der Waals surface area contributed by atoms with Crippen LogP contribution in [0.4, 0.5) is 0 Å². The number of piperazine rings is 1. The molecule has 2 heterocycles.